The average Bonchev–Trinajstić information content (AvgIpc) is 2.71. The molecule has 0 fully saturated rings. The smallest absolute Gasteiger partial charge is 0.311 e. The number of rotatable bonds is 3. The first-order chi connectivity index (χ1) is 8.60. The number of nitrogens with zero attached hydrogens (tertiary/aromatic N) is 2. The Morgan fingerprint density at radius 1 is 1.39 bits per heavy atom. The molecule has 0 aromatic heterocycles. The standard InChI is InChI=1S/C13H14N2O3/c1-9-3-5-11(6-4-9)15-12(16)7-10(14-15)8-13(17)18-2/h3-6H,7-8H2,1-2H3. The number of amides is 1. The van der Waals surface area contributed by atoms with E-state index < -0.39 is 0 Å². The van der Waals surface area contributed by atoms with Crippen molar-refractivity contribution >= 4 is 23.3 Å². The van der Waals surface area contributed by atoms with E-state index in [9.17, 15) is 9.59 Å². The Kier molecular flexibility index (Phi) is 3.41. The van der Waals surface area contributed by atoms with Gasteiger partial charge in [0.1, 0.15) is 0 Å². The fourth-order valence-electron chi connectivity index (χ4n) is 1.71. The molecule has 0 saturated carbocycles. The molecule has 0 bridgehead atoms. The van der Waals surface area contributed by atoms with Gasteiger partial charge in [-0.3, -0.25) is 9.59 Å². The number of esters is 1. The number of methoxy groups -OCH3 is 1. The molecule has 0 spiro atoms. The van der Waals surface area contributed by atoms with Gasteiger partial charge in [0.15, 0.2) is 0 Å². The second-order valence-corrected chi connectivity index (χ2v) is 4.14. The van der Waals surface area contributed by atoms with E-state index in [0.717, 1.165) is 5.56 Å². The normalized spacial score (nSPS) is 14.7. The van der Waals surface area contributed by atoms with Crippen molar-refractivity contribution in [3.05, 3.63) is 29.8 Å². The van der Waals surface area contributed by atoms with Crippen LogP contribution in [0.25, 0.3) is 0 Å². The maximum Gasteiger partial charge on any atom is 0.311 e. The molecule has 5 heteroatoms. The van der Waals surface area contributed by atoms with Crippen molar-refractivity contribution in [1.29, 1.82) is 0 Å². The molecule has 1 aromatic rings. The quantitative estimate of drug-likeness (QED) is 0.762. The monoisotopic (exact) mass is 246 g/mol. The summed E-state index contributed by atoms with van der Waals surface area (Å²) in [5, 5.41) is 5.49. The van der Waals surface area contributed by atoms with Crippen LogP contribution in [0, 0.1) is 6.92 Å². The van der Waals surface area contributed by atoms with Gasteiger partial charge >= 0.3 is 5.97 Å². The van der Waals surface area contributed by atoms with Crippen LogP contribution in [0.2, 0.25) is 0 Å². The zero-order chi connectivity index (χ0) is 13.1. The van der Waals surface area contributed by atoms with Gasteiger partial charge in [-0.25, -0.2) is 5.01 Å². The van der Waals surface area contributed by atoms with Crippen molar-refractivity contribution in [3.63, 3.8) is 0 Å². The van der Waals surface area contributed by atoms with Crippen molar-refractivity contribution < 1.29 is 14.3 Å². The third kappa shape index (κ3) is 2.56. The molecule has 0 radical (unpaired) electrons. The fraction of sp³-hybridized carbons (Fsp3) is 0.308. The first kappa shape index (κ1) is 12.3. The van der Waals surface area contributed by atoms with Gasteiger partial charge < -0.3 is 4.74 Å². The van der Waals surface area contributed by atoms with Gasteiger partial charge in [0.05, 0.1) is 31.4 Å². The number of ether oxygens (including phenoxy) is 1. The molecule has 5 nitrogen and oxygen atoms in total. The van der Waals surface area contributed by atoms with Gasteiger partial charge in [-0.05, 0) is 19.1 Å². The molecule has 0 saturated heterocycles. The minimum Gasteiger partial charge on any atom is -0.469 e. The topological polar surface area (TPSA) is 59.0 Å². The Labute approximate surface area is 105 Å². The predicted molar refractivity (Wildman–Crippen MR) is 67.4 cm³/mol. The van der Waals surface area contributed by atoms with E-state index in [1.165, 1.54) is 12.1 Å². The highest BCUT2D eigenvalue weighted by molar-refractivity contribution is 6.16. The van der Waals surface area contributed by atoms with Gasteiger partial charge in [0.2, 0.25) is 0 Å². The van der Waals surface area contributed by atoms with Gasteiger partial charge in [0, 0.05) is 0 Å². The van der Waals surface area contributed by atoms with Crippen LogP contribution < -0.4 is 5.01 Å². The number of anilines is 1. The molecular formula is C13H14N2O3. The van der Waals surface area contributed by atoms with Crippen molar-refractivity contribution in [2.24, 2.45) is 5.10 Å². The minimum atomic E-state index is -0.382. The number of aryl methyl sites for hydroxylation is 1. The second-order valence-electron chi connectivity index (χ2n) is 4.14. The lowest BCUT2D eigenvalue weighted by Crippen LogP contribution is -2.19. The van der Waals surface area contributed by atoms with Gasteiger partial charge in [-0.1, -0.05) is 17.7 Å². The lowest BCUT2D eigenvalue weighted by Gasteiger charge is -2.11. The highest BCUT2D eigenvalue weighted by Gasteiger charge is 2.26. The number of carbonyl (C=O) groups excluding carboxylic acids is 2. The van der Waals surface area contributed by atoms with E-state index in [1.54, 1.807) is 0 Å². The zero-order valence-electron chi connectivity index (χ0n) is 10.3. The van der Waals surface area contributed by atoms with Crippen LogP contribution in [-0.2, 0) is 14.3 Å². The molecule has 2 rings (SSSR count). The lowest BCUT2D eigenvalue weighted by atomic mass is 10.2. The summed E-state index contributed by atoms with van der Waals surface area (Å²) in [7, 11) is 1.32. The highest BCUT2D eigenvalue weighted by atomic mass is 16.5. The van der Waals surface area contributed by atoms with E-state index in [0.29, 0.717) is 11.4 Å². The summed E-state index contributed by atoms with van der Waals surface area (Å²) >= 11 is 0. The molecule has 1 heterocycles. The Morgan fingerprint density at radius 3 is 2.67 bits per heavy atom. The van der Waals surface area contributed by atoms with E-state index in [4.69, 9.17) is 0 Å². The molecule has 0 atom stereocenters. The summed E-state index contributed by atoms with van der Waals surface area (Å²) in [6.45, 7) is 1.97. The van der Waals surface area contributed by atoms with Crippen LogP contribution >= 0.6 is 0 Å². The van der Waals surface area contributed by atoms with E-state index >= 15 is 0 Å². The van der Waals surface area contributed by atoms with Crippen LogP contribution in [0.5, 0.6) is 0 Å². The molecule has 1 aliphatic heterocycles. The van der Waals surface area contributed by atoms with Crippen LogP contribution in [0.4, 0.5) is 5.69 Å². The van der Waals surface area contributed by atoms with Gasteiger partial charge in [0.25, 0.3) is 5.91 Å². The Hall–Kier alpha value is -2.17. The zero-order valence-corrected chi connectivity index (χ0v) is 10.3. The molecule has 0 aliphatic carbocycles. The summed E-state index contributed by atoms with van der Waals surface area (Å²) in [5.74, 6) is -0.509. The first-order valence-electron chi connectivity index (χ1n) is 5.63. The number of hydrogen-bond acceptors (Lipinski definition) is 4. The third-order valence-electron chi connectivity index (χ3n) is 2.69. The first-order valence-corrected chi connectivity index (χ1v) is 5.63. The second kappa shape index (κ2) is 5.00. The van der Waals surface area contributed by atoms with Crippen molar-refractivity contribution in [2.45, 2.75) is 19.8 Å². The number of hydrogen-bond donors (Lipinski definition) is 0. The SMILES string of the molecule is COC(=O)CC1=NN(c2ccc(C)cc2)C(=O)C1. The Bertz CT molecular complexity index is 505. The third-order valence-corrected chi connectivity index (χ3v) is 2.69. The van der Waals surface area contributed by atoms with Crippen LogP contribution in [-0.4, -0.2) is 24.7 Å². The van der Waals surface area contributed by atoms with Gasteiger partial charge in [-0.2, -0.15) is 5.10 Å². The minimum absolute atomic E-state index is 0.0601. The van der Waals surface area contributed by atoms with Gasteiger partial charge in [-0.15, -0.1) is 0 Å². The summed E-state index contributed by atoms with van der Waals surface area (Å²) in [5.41, 5.74) is 2.36. The molecule has 0 unspecified atom stereocenters. The molecule has 18 heavy (non-hydrogen) atoms. The van der Waals surface area contributed by atoms with Crippen molar-refractivity contribution in [3.8, 4) is 0 Å². The highest BCUT2D eigenvalue weighted by Crippen LogP contribution is 2.21. The molecule has 1 amide bonds. The maximum absolute atomic E-state index is 11.8. The number of benzene rings is 1. The summed E-state index contributed by atoms with van der Waals surface area (Å²) in [4.78, 5) is 22.9. The van der Waals surface area contributed by atoms with Crippen LogP contribution in [0.1, 0.15) is 18.4 Å². The number of hydrazone groups is 1. The lowest BCUT2D eigenvalue weighted by molar-refractivity contribution is -0.139. The Balaban J connectivity index is 2.16. The van der Waals surface area contributed by atoms with E-state index in [1.807, 2.05) is 31.2 Å². The summed E-state index contributed by atoms with van der Waals surface area (Å²) in [6, 6.07) is 7.49. The maximum atomic E-state index is 11.8. The average molecular weight is 246 g/mol. The summed E-state index contributed by atoms with van der Waals surface area (Å²) in [6.07, 6.45) is 0.230. The summed E-state index contributed by atoms with van der Waals surface area (Å²) < 4.78 is 4.55. The largest absolute Gasteiger partial charge is 0.469 e. The molecular weight excluding hydrogens is 232 g/mol. The molecule has 1 aromatic carbocycles. The van der Waals surface area contributed by atoms with Crippen molar-refractivity contribution in [1.82, 2.24) is 0 Å². The van der Waals surface area contributed by atoms with E-state index in [-0.39, 0.29) is 24.7 Å². The fourth-order valence-corrected chi connectivity index (χ4v) is 1.71. The van der Waals surface area contributed by atoms with Crippen LogP contribution in [0.3, 0.4) is 0 Å². The Morgan fingerprint density at radius 2 is 2.06 bits per heavy atom. The van der Waals surface area contributed by atoms with Crippen LogP contribution in [0.15, 0.2) is 29.4 Å². The molecule has 94 valence electrons. The molecule has 0 N–H and O–H groups in total. The van der Waals surface area contributed by atoms with Crippen molar-refractivity contribution in [2.75, 3.05) is 12.1 Å². The van der Waals surface area contributed by atoms with E-state index in [2.05, 4.69) is 9.84 Å². The molecule has 1 aliphatic rings. The number of carbonyl (C=O) groups is 2. The predicted octanol–water partition coefficient (Wildman–Crippen LogP) is 1.65.